The number of nitrogens with one attached hydrogen (secondary N) is 1. The SMILES string of the molecule is CCc1nn(C)c(CNCC2CCCO2)c1Cl. The minimum absolute atomic E-state index is 0.368. The van der Waals surface area contributed by atoms with Crippen molar-refractivity contribution in [2.75, 3.05) is 13.2 Å². The Morgan fingerprint density at radius 1 is 1.59 bits per heavy atom. The molecule has 1 saturated heterocycles. The molecule has 1 aliphatic rings. The third kappa shape index (κ3) is 3.00. The topological polar surface area (TPSA) is 39.1 Å². The lowest BCUT2D eigenvalue weighted by Crippen LogP contribution is -2.26. The molecule has 1 fully saturated rings. The summed E-state index contributed by atoms with van der Waals surface area (Å²) in [7, 11) is 1.94. The van der Waals surface area contributed by atoms with Crippen LogP contribution in [0.25, 0.3) is 0 Å². The van der Waals surface area contributed by atoms with Gasteiger partial charge in [-0.3, -0.25) is 4.68 Å². The molecule has 0 saturated carbocycles. The highest BCUT2D eigenvalue weighted by atomic mass is 35.5. The highest BCUT2D eigenvalue weighted by Crippen LogP contribution is 2.20. The minimum Gasteiger partial charge on any atom is -0.377 e. The second-order valence-corrected chi connectivity index (χ2v) is 4.83. The van der Waals surface area contributed by atoms with Gasteiger partial charge in [0.15, 0.2) is 0 Å². The summed E-state index contributed by atoms with van der Waals surface area (Å²) >= 11 is 6.27. The highest BCUT2D eigenvalue weighted by molar-refractivity contribution is 6.31. The third-order valence-corrected chi connectivity index (χ3v) is 3.63. The van der Waals surface area contributed by atoms with Crippen molar-refractivity contribution in [2.45, 2.75) is 38.8 Å². The Morgan fingerprint density at radius 2 is 2.41 bits per heavy atom. The summed E-state index contributed by atoms with van der Waals surface area (Å²) in [6.07, 6.45) is 3.58. The maximum absolute atomic E-state index is 6.27. The molecule has 0 bridgehead atoms. The molecule has 2 heterocycles. The number of aryl methyl sites for hydroxylation is 2. The van der Waals surface area contributed by atoms with Crippen LogP contribution in [0.15, 0.2) is 0 Å². The Labute approximate surface area is 107 Å². The number of rotatable bonds is 5. The highest BCUT2D eigenvalue weighted by Gasteiger charge is 2.16. The second-order valence-electron chi connectivity index (χ2n) is 4.45. The van der Waals surface area contributed by atoms with Gasteiger partial charge in [0, 0.05) is 26.7 Å². The Kier molecular flexibility index (Phi) is 4.42. The first-order valence-electron chi connectivity index (χ1n) is 6.25. The number of halogens is 1. The maximum atomic E-state index is 6.27. The van der Waals surface area contributed by atoms with Gasteiger partial charge < -0.3 is 10.1 Å². The van der Waals surface area contributed by atoms with Crippen molar-refractivity contribution in [1.82, 2.24) is 15.1 Å². The van der Waals surface area contributed by atoms with Crippen molar-refractivity contribution < 1.29 is 4.74 Å². The van der Waals surface area contributed by atoms with E-state index in [1.807, 2.05) is 11.7 Å². The van der Waals surface area contributed by atoms with Gasteiger partial charge >= 0.3 is 0 Å². The quantitative estimate of drug-likeness (QED) is 0.876. The summed E-state index contributed by atoms with van der Waals surface area (Å²) in [4.78, 5) is 0. The van der Waals surface area contributed by atoms with Gasteiger partial charge in [0.25, 0.3) is 0 Å². The van der Waals surface area contributed by atoms with E-state index in [2.05, 4.69) is 17.3 Å². The molecule has 0 aliphatic carbocycles. The third-order valence-electron chi connectivity index (χ3n) is 3.19. The van der Waals surface area contributed by atoms with E-state index in [0.29, 0.717) is 6.10 Å². The molecule has 1 aliphatic heterocycles. The van der Waals surface area contributed by atoms with Crippen LogP contribution in [0.2, 0.25) is 5.02 Å². The predicted molar refractivity (Wildman–Crippen MR) is 68.3 cm³/mol. The Hall–Kier alpha value is -0.580. The van der Waals surface area contributed by atoms with Gasteiger partial charge in [-0.15, -0.1) is 0 Å². The van der Waals surface area contributed by atoms with Gasteiger partial charge in [0.1, 0.15) is 0 Å². The van der Waals surface area contributed by atoms with Gasteiger partial charge in [-0.1, -0.05) is 18.5 Å². The lowest BCUT2D eigenvalue weighted by molar-refractivity contribution is 0.110. The van der Waals surface area contributed by atoms with Crippen LogP contribution >= 0.6 is 11.6 Å². The summed E-state index contributed by atoms with van der Waals surface area (Å²) in [5.41, 5.74) is 2.03. The Morgan fingerprint density at radius 3 is 3.00 bits per heavy atom. The van der Waals surface area contributed by atoms with E-state index >= 15 is 0 Å². The van der Waals surface area contributed by atoms with Gasteiger partial charge in [-0.25, -0.2) is 0 Å². The number of hydrogen-bond acceptors (Lipinski definition) is 3. The fourth-order valence-electron chi connectivity index (χ4n) is 2.17. The van der Waals surface area contributed by atoms with Crippen LogP contribution in [0.4, 0.5) is 0 Å². The largest absolute Gasteiger partial charge is 0.377 e. The minimum atomic E-state index is 0.368. The normalized spacial score (nSPS) is 20.1. The van der Waals surface area contributed by atoms with E-state index in [1.165, 1.54) is 6.42 Å². The van der Waals surface area contributed by atoms with Crippen LogP contribution in [-0.2, 0) is 24.8 Å². The molecule has 0 amide bonds. The number of nitrogens with zero attached hydrogens (tertiary/aromatic N) is 2. The molecule has 1 aromatic rings. The van der Waals surface area contributed by atoms with Crippen LogP contribution in [0.1, 0.15) is 31.2 Å². The molecular formula is C12H20ClN3O. The van der Waals surface area contributed by atoms with Crippen molar-refractivity contribution >= 4 is 11.6 Å². The standard InChI is InChI=1S/C12H20ClN3O/c1-3-10-12(13)11(16(2)15-10)8-14-7-9-5-4-6-17-9/h9,14H,3-8H2,1-2H3. The Bertz CT molecular complexity index is 372. The van der Waals surface area contributed by atoms with E-state index in [1.54, 1.807) is 0 Å². The molecule has 96 valence electrons. The molecule has 0 spiro atoms. The molecule has 2 rings (SSSR count). The summed E-state index contributed by atoms with van der Waals surface area (Å²) < 4.78 is 7.42. The van der Waals surface area contributed by atoms with E-state index < -0.39 is 0 Å². The summed E-state index contributed by atoms with van der Waals surface area (Å²) in [5.74, 6) is 0. The smallest absolute Gasteiger partial charge is 0.0863 e. The first-order chi connectivity index (χ1) is 8.22. The molecular weight excluding hydrogens is 238 g/mol. The summed E-state index contributed by atoms with van der Waals surface area (Å²) in [6.45, 7) is 4.61. The lowest BCUT2D eigenvalue weighted by Gasteiger charge is -2.10. The zero-order valence-electron chi connectivity index (χ0n) is 10.5. The van der Waals surface area contributed by atoms with E-state index in [9.17, 15) is 0 Å². The van der Waals surface area contributed by atoms with E-state index in [0.717, 1.165) is 48.9 Å². The molecule has 5 heteroatoms. The number of aromatic nitrogens is 2. The molecule has 0 radical (unpaired) electrons. The fourth-order valence-corrected chi connectivity index (χ4v) is 2.53. The molecule has 1 atom stereocenters. The first kappa shape index (κ1) is 12.9. The van der Waals surface area contributed by atoms with Crippen molar-refractivity contribution in [1.29, 1.82) is 0 Å². The van der Waals surface area contributed by atoms with Gasteiger partial charge in [0.2, 0.25) is 0 Å². The summed E-state index contributed by atoms with van der Waals surface area (Å²) in [5, 5.41) is 8.59. The van der Waals surface area contributed by atoms with Crippen LogP contribution in [0.5, 0.6) is 0 Å². The zero-order valence-corrected chi connectivity index (χ0v) is 11.3. The molecule has 4 nitrogen and oxygen atoms in total. The zero-order chi connectivity index (χ0) is 12.3. The molecule has 1 N–H and O–H groups in total. The fraction of sp³-hybridized carbons (Fsp3) is 0.750. The average molecular weight is 258 g/mol. The van der Waals surface area contributed by atoms with Crippen LogP contribution in [0.3, 0.4) is 0 Å². The van der Waals surface area contributed by atoms with Crippen molar-refractivity contribution in [2.24, 2.45) is 7.05 Å². The van der Waals surface area contributed by atoms with Crippen molar-refractivity contribution in [3.8, 4) is 0 Å². The average Bonchev–Trinajstić information content (AvgIpc) is 2.91. The van der Waals surface area contributed by atoms with Gasteiger partial charge in [-0.05, 0) is 19.3 Å². The van der Waals surface area contributed by atoms with Crippen LogP contribution in [0, 0.1) is 0 Å². The van der Waals surface area contributed by atoms with E-state index in [-0.39, 0.29) is 0 Å². The van der Waals surface area contributed by atoms with Gasteiger partial charge in [0.05, 0.1) is 22.5 Å². The number of ether oxygens (including phenoxy) is 1. The van der Waals surface area contributed by atoms with Crippen LogP contribution < -0.4 is 5.32 Å². The van der Waals surface area contributed by atoms with Crippen LogP contribution in [-0.4, -0.2) is 29.0 Å². The molecule has 1 unspecified atom stereocenters. The Balaban J connectivity index is 1.87. The first-order valence-corrected chi connectivity index (χ1v) is 6.62. The maximum Gasteiger partial charge on any atom is 0.0863 e. The second kappa shape index (κ2) is 5.85. The number of hydrogen-bond donors (Lipinski definition) is 1. The van der Waals surface area contributed by atoms with Gasteiger partial charge in [-0.2, -0.15) is 5.10 Å². The van der Waals surface area contributed by atoms with Crippen molar-refractivity contribution in [3.63, 3.8) is 0 Å². The van der Waals surface area contributed by atoms with E-state index in [4.69, 9.17) is 16.3 Å². The predicted octanol–water partition coefficient (Wildman–Crippen LogP) is 1.90. The molecule has 0 aromatic carbocycles. The lowest BCUT2D eigenvalue weighted by atomic mass is 10.2. The monoisotopic (exact) mass is 257 g/mol. The van der Waals surface area contributed by atoms with Crippen molar-refractivity contribution in [3.05, 3.63) is 16.4 Å². The summed E-state index contributed by atoms with van der Waals surface area (Å²) in [6, 6.07) is 0. The molecule has 17 heavy (non-hydrogen) atoms. The molecule has 1 aromatic heterocycles.